The summed E-state index contributed by atoms with van der Waals surface area (Å²) >= 11 is 0. The third kappa shape index (κ3) is 6.25. The maximum absolute atomic E-state index is 12.9. The highest BCUT2D eigenvalue weighted by molar-refractivity contribution is 6.01. The van der Waals surface area contributed by atoms with Crippen molar-refractivity contribution in [3.63, 3.8) is 0 Å². The summed E-state index contributed by atoms with van der Waals surface area (Å²) in [4.78, 5) is 51.7. The number of anilines is 2. The number of rotatable bonds is 12. The fourth-order valence-corrected chi connectivity index (χ4v) is 3.44. The van der Waals surface area contributed by atoms with E-state index < -0.39 is 17.0 Å². The van der Waals surface area contributed by atoms with Crippen LogP contribution in [-0.4, -0.2) is 59.1 Å². The number of nitrogens with zero attached hydrogens (tertiary/aromatic N) is 3. The minimum absolute atomic E-state index is 0.113. The van der Waals surface area contributed by atoms with E-state index in [9.17, 15) is 19.2 Å². The summed E-state index contributed by atoms with van der Waals surface area (Å²) in [5, 5.41) is 2.76. The molecule has 0 fully saturated rings. The molecule has 0 saturated carbocycles. The molecular weight excluding hydrogens is 442 g/mol. The van der Waals surface area contributed by atoms with Crippen LogP contribution in [0.1, 0.15) is 37.6 Å². The molecule has 0 unspecified atom stereocenters. The molecule has 1 amide bonds. The fraction of sp³-hybridized carbons (Fsp3) is 0.478. The Morgan fingerprint density at radius 1 is 1.06 bits per heavy atom. The minimum Gasteiger partial charge on any atom is -0.490 e. The average molecular weight is 476 g/mol. The SMILES string of the molecule is CCCn1c(N)c(C(=O)CN(C)CC(=O)Nc2ccc(OCC)c(OCC)c2)c(=O)n(C)c1=O. The third-order valence-corrected chi connectivity index (χ3v) is 4.96. The lowest BCUT2D eigenvalue weighted by Crippen LogP contribution is -2.44. The quantitative estimate of drug-likeness (QED) is 0.435. The van der Waals surface area contributed by atoms with Crippen molar-refractivity contribution in [1.82, 2.24) is 14.0 Å². The van der Waals surface area contributed by atoms with Crippen molar-refractivity contribution >= 4 is 23.2 Å². The van der Waals surface area contributed by atoms with Crippen LogP contribution in [0.4, 0.5) is 11.5 Å². The van der Waals surface area contributed by atoms with Crippen LogP contribution in [0, 0.1) is 0 Å². The van der Waals surface area contributed by atoms with Gasteiger partial charge in [-0.05, 0) is 39.4 Å². The number of benzene rings is 1. The summed E-state index contributed by atoms with van der Waals surface area (Å²) in [5.41, 5.74) is 4.93. The number of nitrogens with two attached hydrogens (primary N) is 1. The molecule has 11 heteroatoms. The maximum atomic E-state index is 12.9. The van der Waals surface area contributed by atoms with Gasteiger partial charge in [0.15, 0.2) is 17.3 Å². The first kappa shape index (κ1) is 26.7. The Hall–Kier alpha value is -3.60. The number of likely N-dealkylation sites (N-methyl/N-ethyl adjacent to an activating group) is 1. The normalized spacial score (nSPS) is 10.9. The van der Waals surface area contributed by atoms with E-state index in [0.29, 0.717) is 36.8 Å². The van der Waals surface area contributed by atoms with Crippen LogP contribution in [0.5, 0.6) is 11.5 Å². The molecule has 0 bridgehead atoms. The molecule has 1 heterocycles. The Bertz CT molecular complexity index is 1150. The number of amides is 1. The van der Waals surface area contributed by atoms with Crippen LogP contribution in [0.25, 0.3) is 0 Å². The fourth-order valence-electron chi connectivity index (χ4n) is 3.44. The van der Waals surface area contributed by atoms with E-state index in [1.54, 1.807) is 25.2 Å². The van der Waals surface area contributed by atoms with Crippen LogP contribution in [0.2, 0.25) is 0 Å². The highest BCUT2D eigenvalue weighted by atomic mass is 16.5. The van der Waals surface area contributed by atoms with Crippen molar-refractivity contribution in [2.45, 2.75) is 33.7 Å². The molecule has 1 aromatic heterocycles. The van der Waals surface area contributed by atoms with Gasteiger partial charge in [0.25, 0.3) is 5.56 Å². The van der Waals surface area contributed by atoms with Gasteiger partial charge in [-0.25, -0.2) is 4.79 Å². The number of carbonyl (C=O) groups excluding carboxylic acids is 2. The summed E-state index contributed by atoms with van der Waals surface area (Å²) in [6.07, 6.45) is 0.604. The molecule has 0 aliphatic rings. The number of carbonyl (C=O) groups is 2. The number of Topliss-reactive ketones (excluding diaryl/α,β-unsaturated/α-hetero) is 1. The standard InChI is InChI=1S/C23H33N5O6/c1-6-11-28-21(24)20(22(31)27(5)23(28)32)16(29)13-26(4)14-19(30)25-15-9-10-17(33-7-2)18(12-15)34-8-3/h9-10,12H,6-8,11,13-14,24H2,1-5H3,(H,25,30). The number of ether oxygens (including phenoxy) is 2. The monoisotopic (exact) mass is 475 g/mol. The van der Waals surface area contributed by atoms with Gasteiger partial charge in [-0.1, -0.05) is 6.92 Å². The Labute approximate surface area is 198 Å². The van der Waals surface area contributed by atoms with Crippen LogP contribution in [-0.2, 0) is 18.4 Å². The molecule has 0 spiro atoms. The number of ketones is 1. The van der Waals surface area contributed by atoms with E-state index in [1.807, 2.05) is 20.8 Å². The molecule has 2 aromatic rings. The summed E-state index contributed by atoms with van der Waals surface area (Å²) in [6, 6.07) is 5.07. The first-order chi connectivity index (χ1) is 16.1. The Kier molecular flexibility index (Phi) is 9.43. The lowest BCUT2D eigenvalue weighted by atomic mass is 10.1. The van der Waals surface area contributed by atoms with Gasteiger partial charge in [0, 0.05) is 25.3 Å². The van der Waals surface area contributed by atoms with Crippen LogP contribution in [0.3, 0.4) is 0 Å². The lowest BCUT2D eigenvalue weighted by molar-refractivity contribution is -0.116. The van der Waals surface area contributed by atoms with E-state index in [1.165, 1.54) is 16.5 Å². The first-order valence-corrected chi connectivity index (χ1v) is 11.1. The molecule has 186 valence electrons. The average Bonchev–Trinajstić information content (AvgIpc) is 2.77. The Morgan fingerprint density at radius 3 is 2.32 bits per heavy atom. The second-order valence-electron chi connectivity index (χ2n) is 7.73. The molecule has 0 aliphatic heterocycles. The Morgan fingerprint density at radius 2 is 1.71 bits per heavy atom. The molecule has 2 rings (SSSR count). The second kappa shape index (κ2) is 12.0. The number of aromatic nitrogens is 2. The van der Waals surface area contributed by atoms with Gasteiger partial charge in [-0.2, -0.15) is 0 Å². The van der Waals surface area contributed by atoms with Crippen molar-refractivity contribution in [2.75, 3.05) is 44.4 Å². The summed E-state index contributed by atoms with van der Waals surface area (Å²) in [5.74, 6) is 0.000167. The summed E-state index contributed by atoms with van der Waals surface area (Å²) in [7, 11) is 2.88. The van der Waals surface area contributed by atoms with E-state index in [2.05, 4.69) is 5.32 Å². The topological polar surface area (TPSA) is 138 Å². The van der Waals surface area contributed by atoms with Crippen LogP contribution >= 0.6 is 0 Å². The molecule has 0 radical (unpaired) electrons. The van der Waals surface area contributed by atoms with Gasteiger partial charge in [0.1, 0.15) is 11.4 Å². The minimum atomic E-state index is -0.754. The smallest absolute Gasteiger partial charge is 0.332 e. The van der Waals surface area contributed by atoms with E-state index >= 15 is 0 Å². The van der Waals surface area contributed by atoms with Gasteiger partial charge in [0.2, 0.25) is 5.91 Å². The molecule has 0 saturated heterocycles. The van der Waals surface area contributed by atoms with Crippen molar-refractivity contribution in [2.24, 2.45) is 7.05 Å². The molecule has 1 aromatic carbocycles. The predicted octanol–water partition coefficient (Wildman–Crippen LogP) is 1.09. The van der Waals surface area contributed by atoms with Crippen LogP contribution in [0.15, 0.2) is 27.8 Å². The number of nitrogens with one attached hydrogen (secondary N) is 1. The molecule has 11 nitrogen and oxygen atoms in total. The Balaban J connectivity index is 2.12. The highest BCUT2D eigenvalue weighted by Crippen LogP contribution is 2.30. The molecule has 0 aliphatic carbocycles. The van der Waals surface area contributed by atoms with Crippen LogP contribution < -0.4 is 31.8 Å². The summed E-state index contributed by atoms with van der Waals surface area (Å²) < 4.78 is 13.2. The zero-order chi connectivity index (χ0) is 25.4. The lowest BCUT2D eigenvalue weighted by Gasteiger charge is -2.18. The molecular formula is C23H33N5O6. The van der Waals surface area contributed by atoms with E-state index in [0.717, 1.165) is 4.57 Å². The van der Waals surface area contributed by atoms with E-state index in [-0.39, 0.29) is 36.9 Å². The zero-order valence-corrected chi connectivity index (χ0v) is 20.3. The zero-order valence-electron chi connectivity index (χ0n) is 20.3. The van der Waals surface area contributed by atoms with Gasteiger partial charge < -0.3 is 20.5 Å². The van der Waals surface area contributed by atoms with Gasteiger partial charge in [0.05, 0.1) is 26.3 Å². The third-order valence-electron chi connectivity index (χ3n) is 4.96. The summed E-state index contributed by atoms with van der Waals surface area (Å²) in [6.45, 7) is 6.43. The molecule has 0 atom stereocenters. The molecule has 3 N–H and O–H groups in total. The van der Waals surface area contributed by atoms with Crippen molar-refractivity contribution in [3.05, 3.63) is 44.6 Å². The van der Waals surface area contributed by atoms with Gasteiger partial charge >= 0.3 is 5.69 Å². The van der Waals surface area contributed by atoms with Crippen molar-refractivity contribution in [3.8, 4) is 11.5 Å². The van der Waals surface area contributed by atoms with Crippen molar-refractivity contribution in [1.29, 1.82) is 0 Å². The highest BCUT2D eigenvalue weighted by Gasteiger charge is 2.23. The van der Waals surface area contributed by atoms with Gasteiger partial charge in [-0.3, -0.25) is 28.4 Å². The maximum Gasteiger partial charge on any atom is 0.332 e. The van der Waals surface area contributed by atoms with E-state index in [4.69, 9.17) is 15.2 Å². The molecule has 34 heavy (non-hydrogen) atoms. The van der Waals surface area contributed by atoms with Crippen molar-refractivity contribution < 1.29 is 19.1 Å². The predicted molar refractivity (Wildman–Crippen MR) is 130 cm³/mol. The number of hydrogen-bond acceptors (Lipinski definition) is 8. The van der Waals surface area contributed by atoms with Gasteiger partial charge in [-0.15, -0.1) is 0 Å². The number of hydrogen-bond donors (Lipinski definition) is 2. The first-order valence-electron chi connectivity index (χ1n) is 11.1. The number of nitrogen functional groups attached to an aromatic ring is 1. The second-order valence-corrected chi connectivity index (χ2v) is 7.73. The largest absolute Gasteiger partial charge is 0.490 e.